The van der Waals surface area contributed by atoms with Crippen LogP contribution in [-0.4, -0.2) is 58.3 Å². The molecule has 2 aliphatic heterocycles. The van der Waals surface area contributed by atoms with Crippen LogP contribution in [0.5, 0.6) is 0 Å². The van der Waals surface area contributed by atoms with Crippen molar-refractivity contribution in [2.24, 2.45) is 0 Å². The smallest absolute Gasteiger partial charge is 0.0782 e. The Kier molecular flexibility index (Phi) is 5.16. The molecule has 1 N–H and O–H groups in total. The first-order valence-corrected chi connectivity index (χ1v) is 11.3. The summed E-state index contributed by atoms with van der Waals surface area (Å²) < 4.78 is 0. The van der Waals surface area contributed by atoms with E-state index in [2.05, 4.69) is 112 Å². The molecule has 0 unspecified atom stereocenters. The quantitative estimate of drug-likeness (QED) is 0.798. The van der Waals surface area contributed by atoms with Crippen LogP contribution in [0.25, 0.3) is 0 Å². The van der Waals surface area contributed by atoms with Gasteiger partial charge in [-0.15, -0.1) is 0 Å². The Morgan fingerprint density at radius 3 is 1.20 bits per heavy atom. The van der Waals surface area contributed by atoms with Crippen LogP contribution in [0.1, 0.15) is 52.7 Å². The Bertz CT molecular complexity index is 778. The third kappa shape index (κ3) is 3.41. The summed E-state index contributed by atoms with van der Waals surface area (Å²) in [6.45, 7) is 17.3. The number of benzene rings is 2. The van der Waals surface area contributed by atoms with Gasteiger partial charge in [-0.05, 0) is 52.7 Å². The molecule has 2 fully saturated rings. The number of rotatable bonds is 2. The monoisotopic (exact) mass is 406 g/mol. The maximum atomic E-state index is 12.2. The van der Waals surface area contributed by atoms with Crippen molar-refractivity contribution in [3.63, 3.8) is 0 Å². The minimum atomic E-state index is -0.438. The third-order valence-corrected chi connectivity index (χ3v) is 7.53. The van der Waals surface area contributed by atoms with Crippen LogP contribution in [-0.2, 0) is 10.8 Å². The van der Waals surface area contributed by atoms with Gasteiger partial charge in [-0.3, -0.25) is 9.80 Å². The predicted octanol–water partition coefficient (Wildman–Crippen LogP) is 4.45. The molecule has 4 rings (SSSR count). The van der Waals surface area contributed by atoms with Crippen LogP contribution in [0.15, 0.2) is 60.7 Å². The molecule has 3 heteroatoms. The van der Waals surface area contributed by atoms with Crippen LogP contribution in [0.3, 0.4) is 0 Å². The molecular weight excluding hydrogens is 368 g/mol. The van der Waals surface area contributed by atoms with E-state index in [9.17, 15) is 5.11 Å². The van der Waals surface area contributed by atoms with E-state index in [1.807, 2.05) is 0 Å². The molecule has 30 heavy (non-hydrogen) atoms. The number of hydrogen-bond acceptors (Lipinski definition) is 3. The molecule has 0 aliphatic carbocycles. The van der Waals surface area contributed by atoms with E-state index in [0.29, 0.717) is 0 Å². The Morgan fingerprint density at radius 1 is 0.633 bits per heavy atom. The molecule has 0 spiro atoms. The summed E-state index contributed by atoms with van der Waals surface area (Å²) in [6.07, 6.45) is -0.438. The van der Waals surface area contributed by atoms with Crippen molar-refractivity contribution in [3.8, 4) is 0 Å². The van der Waals surface area contributed by atoms with Crippen LogP contribution < -0.4 is 0 Å². The highest BCUT2D eigenvalue weighted by Crippen LogP contribution is 2.51. The Labute approximate surface area is 182 Å². The molecule has 2 aliphatic rings. The molecule has 0 atom stereocenters. The van der Waals surface area contributed by atoms with Gasteiger partial charge in [0.25, 0.3) is 0 Å². The van der Waals surface area contributed by atoms with Crippen molar-refractivity contribution in [2.45, 2.75) is 69.6 Å². The number of aliphatic hydroxyl groups is 1. The summed E-state index contributed by atoms with van der Waals surface area (Å²) in [6, 6.07) is 21.5. The zero-order valence-corrected chi connectivity index (χ0v) is 19.5. The maximum absolute atomic E-state index is 12.2. The lowest BCUT2D eigenvalue weighted by Crippen LogP contribution is -2.78. The van der Waals surface area contributed by atoms with Gasteiger partial charge in [-0.1, -0.05) is 60.7 Å². The van der Waals surface area contributed by atoms with Crippen molar-refractivity contribution in [1.29, 1.82) is 0 Å². The van der Waals surface area contributed by atoms with Gasteiger partial charge in [0, 0.05) is 48.1 Å². The second-order valence-electron chi connectivity index (χ2n) is 11.5. The lowest BCUT2D eigenvalue weighted by atomic mass is 9.55. The summed E-state index contributed by atoms with van der Waals surface area (Å²) in [7, 11) is 0. The van der Waals surface area contributed by atoms with Gasteiger partial charge >= 0.3 is 0 Å². The van der Waals surface area contributed by atoms with Gasteiger partial charge in [0.05, 0.1) is 6.10 Å². The van der Waals surface area contributed by atoms with Gasteiger partial charge in [0.1, 0.15) is 0 Å². The highest BCUT2D eigenvalue weighted by molar-refractivity contribution is 5.41. The minimum absolute atomic E-state index is 0.0318. The molecule has 0 saturated carbocycles. The highest BCUT2D eigenvalue weighted by Gasteiger charge is 2.63. The molecule has 2 aromatic rings. The van der Waals surface area contributed by atoms with Gasteiger partial charge in [0.2, 0.25) is 0 Å². The van der Waals surface area contributed by atoms with E-state index < -0.39 is 6.10 Å². The summed E-state index contributed by atoms with van der Waals surface area (Å²) in [5.41, 5.74) is 1.89. The normalized spacial score (nSPS) is 31.0. The molecule has 0 aromatic heterocycles. The fraction of sp³-hybridized carbons (Fsp3) is 0.556. The average molecular weight is 407 g/mol. The maximum Gasteiger partial charge on any atom is 0.0782 e. The first-order chi connectivity index (χ1) is 14.0. The largest absolute Gasteiger partial charge is 0.391 e. The molecule has 0 radical (unpaired) electrons. The Balaban J connectivity index is 1.97. The standard InChI is InChI=1S/C27H38N2O/c1-24(2,3)28-17-26(21-13-9-7-10-14-21)19-29(25(4,5)6)20-27(18-28,23(26)30)22-15-11-8-12-16-22/h7-16,23,30H,17-20H2,1-6H3. The minimum Gasteiger partial charge on any atom is -0.391 e. The SMILES string of the molecule is CC(C)(C)N1CC2(c3ccccc3)CN(C(C)(C)C)CC(c3ccccc3)(C1)C2O. The fourth-order valence-corrected chi connectivity index (χ4v) is 5.62. The van der Waals surface area contributed by atoms with Crippen LogP contribution >= 0.6 is 0 Å². The topological polar surface area (TPSA) is 26.7 Å². The van der Waals surface area contributed by atoms with Gasteiger partial charge < -0.3 is 5.11 Å². The molecular formula is C27H38N2O. The van der Waals surface area contributed by atoms with E-state index in [1.54, 1.807) is 0 Å². The number of likely N-dealkylation sites (tertiary alicyclic amines) is 2. The molecule has 2 heterocycles. The van der Waals surface area contributed by atoms with Crippen LogP contribution in [0.4, 0.5) is 0 Å². The molecule has 0 amide bonds. The number of piperidine rings is 2. The average Bonchev–Trinajstić information content (AvgIpc) is 2.68. The summed E-state index contributed by atoms with van der Waals surface area (Å²) in [4.78, 5) is 5.22. The van der Waals surface area contributed by atoms with Crippen molar-refractivity contribution in [2.75, 3.05) is 26.2 Å². The second kappa shape index (κ2) is 7.19. The number of fused-ring (bicyclic) bond motifs is 2. The Hall–Kier alpha value is -1.68. The second-order valence-corrected chi connectivity index (χ2v) is 11.5. The van der Waals surface area contributed by atoms with Crippen molar-refractivity contribution in [1.82, 2.24) is 9.80 Å². The number of hydrogen-bond donors (Lipinski definition) is 1. The van der Waals surface area contributed by atoms with Gasteiger partial charge in [0.15, 0.2) is 0 Å². The first kappa shape index (κ1) is 21.5. The predicted molar refractivity (Wildman–Crippen MR) is 125 cm³/mol. The van der Waals surface area contributed by atoms with Gasteiger partial charge in [-0.2, -0.15) is 0 Å². The lowest BCUT2D eigenvalue weighted by molar-refractivity contribution is -0.149. The van der Waals surface area contributed by atoms with Crippen molar-refractivity contribution in [3.05, 3.63) is 71.8 Å². The Morgan fingerprint density at radius 2 is 0.933 bits per heavy atom. The van der Waals surface area contributed by atoms with Crippen molar-refractivity contribution >= 4 is 0 Å². The third-order valence-electron chi connectivity index (χ3n) is 7.53. The first-order valence-electron chi connectivity index (χ1n) is 11.3. The summed E-state index contributed by atoms with van der Waals surface area (Å²) in [5, 5.41) is 12.2. The van der Waals surface area contributed by atoms with Crippen molar-refractivity contribution < 1.29 is 5.11 Å². The molecule has 2 aromatic carbocycles. The lowest BCUT2D eigenvalue weighted by Gasteiger charge is -2.65. The zero-order chi connectivity index (χ0) is 21.8. The van der Waals surface area contributed by atoms with E-state index in [0.717, 1.165) is 26.2 Å². The van der Waals surface area contributed by atoms with E-state index in [4.69, 9.17) is 0 Å². The zero-order valence-electron chi connectivity index (χ0n) is 19.5. The van der Waals surface area contributed by atoms with Crippen LogP contribution in [0, 0.1) is 0 Å². The molecule has 2 saturated heterocycles. The van der Waals surface area contributed by atoms with Gasteiger partial charge in [-0.25, -0.2) is 0 Å². The number of aliphatic hydroxyl groups excluding tert-OH is 1. The highest BCUT2D eigenvalue weighted by atomic mass is 16.3. The number of nitrogens with zero attached hydrogens (tertiary/aromatic N) is 2. The van der Waals surface area contributed by atoms with E-state index in [-0.39, 0.29) is 21.9 Å². The molecule has 3 nitrogen and oxygen atoms in total. The summed E-state index contributed by atoms with van der Waals surface area (Å²) in [5.74, 6) is 0. The van der Waals surface area contributed by atoms with E-state index in [1.165, 1.54) is 11.1 Å². The van der Waals surface area contributed by atoms with E-state index >= 15 is 0 Å². The fourth-order valence-electron chi connectivity index (χ4n) is 5.62. The molecule has 162 valence electrons. The van der Waals surface area contributed by atoms with Crippen LogP contribution in [0.2, 0.25) is 0 Å². The summed E-state index contributed by atoms with van der Waals surface area (Å²) >= 11 is 0. The molecule has 2 bridgehead atoms.